The Morgan fingerprint density at radius 2 is 2.14 bits per heavy atom. The minimum atomic E-state index is -0.441. The molecule has 0 spiro atoms. The number of aromatic nitrogens is 2. The van der Waals surface area contributed by atoms with E-state index in [-0.39, 0.29) is 17.8 Å². The zero-order valence-electron chi connectivity index (χ0n) is 12.2. The van der Waals surface area contributed by atoms with Gasteiger partial charge in [-0.05, 0) is 31.9 Å². The zero-order valence-corrected chi connectivity index (χ0v) is 12.2. The van der Waals surface area contributed by atoms with Crippen LogP contribution < -0.4 is 5.73 Å². The van der Waals surface area contributed by atoms with Gasteiger partial charge in [0.15, 0.2) is 5.82 Å². The van der Waals surface area contributed by atoms with Gasteiger partial charge in [0, 0.05) is 18.1 Å². The summed E-state index contributed by atoms with van der Waals surface area (Å²) >= 11 is 0. The molecule has 2 atom stereocenters. The molecule has 116 valence electrons. The molecule has 22 heavy (non-hydrogen) atoms. The molecule has 2 aliphatic rings. The molecule has 0 radical (unpaired) electrons. The molecule has 2 N–H and O–H groups in total. The van der Waals surface area contributed by atoms with Gasteiger partial charge in [-0.1, -0.05) is 23.4 Å². The van der Waals surface area contributed by atoms with Crippen LogP contribution in [0, 0.1) is 11.7 Å². The Bertz CT molecular complexity index is 684. The quantitative estimate of drug-likeness (QED) is 0.938. The number of rotatable bonds is 4. The van der Waals surface area contributed by atoms with Crippen molar-refractivity contribution in [3.05, 3.63) is 47.4 Å². The number of ether oxygens (including phenoxy) is 1. The van der Waals surface area contributed by atoms with Crippen LogP contribution in [0.25, 0.3) is 0 Å². The van der Waals surface area contributed by atoms with Gasteiger partial charge < -0.3 is 15.0 Å². The van der Waals surface area contributed by atoms with E-state index in [0.717, 1.165) is 19.3 Å². The first kappa shape index (κ1) is 13.8. The van der Waals surface area contributed by atoms with E-state index in [0.29, 0.717) is 30.4 Å². The largest absolute Gasteiger partial charge is 0.368 e. The fourth-order valence-electron chi connectivity index (χ4n) is 3.28. The SMILES string of the molecule is NC[C@@H]1CCO[C@@H]1c1nc(C2(c3ccccc3F)CC2)no1. The number of nitrogens with zero attached hydrogens (tertiary/aromatic N) is 2. The molecule has 4 rings (SSSR count). The highest BCUT2D eigenvalue weighted by atomic mass is 19.1. The maximum absolute atomic E-state index is 14.1. The average molecular weight is 303 g/mol. The highest BCUT2D eigenvalue weighted by Gasteiger charge is 2.52. The molecule has 0 unspecified atom stereocenters. The van der Waals surface area contributed by atoms with Gasteiger partial charge in [-0.2, -0.15) is 4.98 Å². The van der Waals surface area contributed by atoms with Crippen LogP contribution in [0.3, 0.4) is 0 Å². The molecule has 2 aromatic rings. The third-order valence-corrected chi connectivity index (χ3v) is 4.77. The predicted molar refractivity (Wildman–Crippen MR) is 76.6 cm³/mol. The summed E-state index contributed by atoms with van der Waals surface area (Å²) in [6.45, 7) is 1.18. The molecule has 0 amide bonds. The fraction of sp³-hybridized carbons (Fsp3) is 0.500. The molecule has 2 heterocycles. The second kappa shape index (κ2) is 5.14. The number of nitrogens with two attached hydrogens (primary N) is 1. The molecule has 2 fully saturated rings. The third kappa shape index (κ3) is 2.06. The van der Waals surface area contributed by atoms with Crippen molar-refractivity contribution in [3.63, 3.8) is 0 Å². The van der Waals surface area contributed by atoms with Crippen LogP contribution in [0.15, 0.2) is 28.8 Å². The van der Waals surface area contributed by atoms with Crippen LogP contribution in [0.1, 0.15) is 42.6 Å². The van der Waals surface area contributed by atoms with Crippen molar-refractivity contribution in [1.82, 2.24) is 10.1 Å². The summed E-state index contributed by atoms with van der Waals surface area (Å²) in [4.78, 5) is 4.52. The summed E-state index contributed by atoms with van der Waals surface area (Å²) in [6, 6.07) is 6.80. The summed E-state index contributed by atoms with van der Waals surface area (Å²) in [7, 11) is 0. The standard InChI is InChI=1S/C16H18FN3O2/c17-12-4-2-1-3-11(12)16(6-7-16)15-19-14(22-20-15)13-10(9-18)5-8-21-13/h1-4,10,13H,5-9,18H2/t10-,13-/m0/s1. The third-order valence-electron chi connectivity index (χ3n) is 4.77. The number of hydrogen-bond donors (Lipinski definition) is 1. The minimum Gasteiger partial charge on any atom is -0.368 e. The molecule has 6 heteroatoms. The number of hydrogen-bond acceptors (Lipinski definition) is 5. The molecule has 1 aliphatic carbocycles. The molecule has 5 nitrogen and oxygen atoms in total. The molecule has 1 saturated carbocycles. The van der Waals surface area contributed by atoms with Gasteiger partial charge in [0.05, 0.1) is 5.41 Å². The zero-order chi connectivity index (χ0) is 15.2. The Labute approximate surface area is 127 Å². The van der Waals surface area contributed by atoms with E-state index in [1.165, 1.54) is 6.07 Å². The average Bonchev–Trinajstić information content (AvgIpc) is 3.00. The lowest BCUT2D eigenvalue weighted by Crippen LogP contribution is -2.18. The van der Waals surface area contributed by atoms with Gasteiger partial charge >= 0.3 is 0 Å². The van der Waals surface area contributed by atoms with E-state index < -0.39 is 5.41 Å². The van der Waals surface area contributed by atoms with Gasteiger partial charge in [-0.3, -0.25) is 0 Å². The van der Waals surface area contributed by atoms with E-state index in [4.69, 9.17) is 15.0 Å². The molecular formula is C16H18FN3O2. The lowest BCUT2D eigenvalue weighted by Gasteiger charge is -2.13. The maximum Gasteiger partial charge on any atom is 0.256 e. The summed E-state index contributed by atoms with van der Waals surface area (Å²) in [5.74, 6) is 1.00. The Kier molecular flexibility index (Phi) is 3.23. The molecule has 0 bridgehead atoms. The van der Waals surface area contributed by atoms with Crippen molar-refractivity contribution in [3.8, 4) is 0 Å². The first-order valence-corrected chi connectivity index (χ1v) is 7.65. The summed E-state index contributed by atoms with van der Waals surface area (Å²) in [6.07, 6.45) is 2.33. The van der Waals surface area contributed by atoms with Crippen molar-refractivity contribution in [1.29, 1.82) is 0 Å². The van der Waals surface area contributed by atoms with Crippen molar-refractivity contribution < 1.29 is 13.7 Å². The van der Waals surface area contributed by atoms with Gasteiger partial charge in [0.1, 0.15) is 11.9 Å². The van der Waals surface area contributed by atoms with Gasteiger partial charge in [-0.15, -0.1) is 0 Å². The molecule has 1 aliphatic heterocycles. The van der Waals surface area contributed by atoms with Crippen LogP contribution in [0.5, 0.6) is 0 Å². The number of halogens is 1. The Hall–Kier alpha value is -1.79. The topological polar surface area (TPSA) is 74.2 Å². The first-order valence-electron chi connectivity index (χ1n) is 7.65. The first-order chi connectivity index (χ1) is 10.7. The van der Waals surface area contributed by atoms with Crippen molar-refractivity contribution in [2.24, 2.45) is 11.7 Å². The minimum absolute atomic E-state index is 0.205. The maximum atomic E-state index is 14.1. The van der Waals surface area contributed by atoms with E-state index in [9.17, 15) is 4.39 Å². The van der Waals surface area contributed by atoms with Crippen molar-refractivity contribution in [2.45, 2.75) is 30.8 Å². The molecular weight excluding hydrogens is 285 g/mol. The smallest absolute Gasteiger partial charge is 0.256 e. The van der Waals surface area contributed by atoms with E-state index in [2.05, 4.69) is 10.1 Å². The normalized spacial score (nSPS) is 26.3. The van der Waals surface area contributed by atoms with E-state index in [1.807, 2.05) is 6.07 Å². The van der Waals surface area contributed by atoms with Gasteiger partial charge in [-0.25, -0.2) is 4.39 Å². The second-order valence-corrected chi connectivity index (χ2v) is 6.09. The second-order valence-electron chi connectivity index (χ2n) is 6.09. The van der Waals surface area contributed by atoms with Crippen LogP contribution in [-0.4, -0.2) is 23.3 Å². The Balaban J connectivity index is 1.66. The Morgan fingerprint density at radius 1 is 1.32 bits per heavy atom. The van der Waals surface area contributed by atoms with Gasteiger partial charge in [0.25, 0.3) is 5.89 Å². The van der Waals surface area contributed by atoms with Gasteiger partial charge in [0.2, 0.25) is 0 Å². The Morgan fingerprint density at radius 3 is 2.86 bits per heavy atom. The predicted octanol–water partition coefficient (Wildman–Crippen LogP) is 2.32. The molecule has 1 saturated heterocycles. The van der Waals surface area contributed by atoms with Crippen LogP contribution in [0.4, 0.5) is 4.39 Å². The summed E-state index contributed by atoms with van der Waals surface area (Å²) < 4.78 is 25.2. The van der Waals surface area contributed by atoms with Crippen LogP contribution in [0.2, 0.25) is 0 Å². The molecule has 1 aromatic heterocycles. The summed E-state index contributed by atoms with van der Waals surface area (Å²) in [5, 5.41) is 4.11. The lowest BCUT2D eigenvalue weighted by atomic mass is 9.94. The van der Waals surface area contributed by atoms with Crippen molar-refractivity contribution in [2.75, 3.05) is 13.2 Å². The van der Waals surface area contributed by atoms with Crippen molar-refractivity contribution >= 4 is 0 Å². The summed E-state index contributed by atoms with van der Waals surface area (Å²) in [5.41, 5.74) is 5.96. The lowest BCUT2D eigenvalue weighted by molar-refractivity contribution is 0.0642. The van der Waals surface area contributed by atoms with Crippen LogP contribution in [-0.2, 0) is 10.2 Å². The highest BCUT2D eigenvalue weighted by molar-refractivity contribution is 5.39. The monoisotopic (exact) mass is 303 g/mol. The number of benzene rings is 1. The van der Waals surface area contributed by atoms with Crippen LogP contribution >= 0.6 is 0 Å². The molecule has 1 aromatic carbocycles. The fourth-order valence-corrected chi connectivity index (χ4v) is 3.28. The highest BCUT2D eigenvalue weighted by Crippen LogP contribution is 2.53. The van der Waals surface area contributed by atoms with E-state index >= 15 is 0 Å². The van der Waals surface area contributed by atoms with E-state index in [1.54, 1.807) is 12.1 Å².